The lowest BCUT2D eigenvalue weighted by Crippen LogP contribution is -2.56. The van der Waals surface area contributed by atoms with E-state index in [1.165, 1.54) is 0 Å². The lowest BCUT2D eigenvalue weighted by molar-refractivity contribution is -0.122. The number of para-hydroxylation sites is 2. The minimum Gasteiger partial charge on any atom is -0.495 e. The highest BCUT2D eigenvalue weighted by Crippen LogP contribution is 2.29. The van der Waals surface area contributed by atoms with Crippen molar-refractivity contribution in [2.75, 3.05) is 25.5 Å². The molecule has 0 bridgehead atoms. The maximum Gasteiger partial charge on any atom is 0.241 e. The number of nitrogens with one attached hydrogen (secondary N) is 1. The Bertz CT molecular complexity index is 530. The summed E-state index contributed by atoms with van der Waals surface area (Å²) < 4.78 is 5.27. The molecule has 1 aromatic rings. The highest BCUT2D eigenvalue weighted by Gasteiger charge is 2.36. The van der Waals surface area contributed by atoms with Gasteiger partial charge in [0, 0.05) is 19.1 Å². The second-order valence-electron chi connectivity index (χ2n) is 6.72. The van der Waals surface area contributed by atoms with E-state index in [0.717, 1.165) is 19.5 Å². The van der Waals surface area contributed by atoms with Gasteiger partial charge >= 0.3 is 0 Å². The Morgan fingerprint density at radius 2 is 2.14 bits per heavy atom. The van der Waals surface area contributed by atoms with Crippen LogP contribution in [-0.4, -0.2) is 43.1 Å². The third-order valence-corrected chi connectivity index (χ3v) is 4.63. The van der Waals surface area contributed by atoms with Crippen molar-refractivity contribution >= 4 is 11.6 Å². The van der Waals surface area contributed by atoms with Gasteiger partial charge in [-0.2, -0.15) is 0 Å². The number of anilines is 1. The fraction of sp³-hybridized carbons (Fsp3) is 0.588. The summed E-state index contributed by atoms with van der Waals surface area (Å²) in [5, 5.41) is 2.96. The number of piperidine rings is 1. The standard InChI is InChI=1S/C17H27N3O2/c1-12(20-10-9-15(18)17(2,3)11-20)16(21)19-13-7-5-6-8-14(13)22-4/h5-8,12,15H,9-11,18H2,1-4H3,(H,19,21). The van der Waals surface area contributed by atoms with Gasteiger partial charge in [0.25, 0.3) is 0 Å². The van der Waals surface area contributed by atoms with E-state index in [1.807, 2.05) is 31.2 Å². The fourth-order valence-corrected chi connectivity index (χ4v) is 2.90. The first-order chi connectivity index (χ1) is 10.3. The Morgan fingerprint density at radius 1 is 1.45 bits per heavy atom. The molecule has 0 aliphatic carbocycles. The van der Waals surface area contributed by atoms with Gasteiger partial charge in [0.05, 0.1) is 18.8 Å². The number of hydrogen-bond donors (Lipinski definition) is 2. The molecule has 1 heterocycles. The third-order valence-electron chi connectivity index (χ3n) is 4.63. The van der Waals surface area contributed by atoms with Gasteiger partial charge < -0.3 is 15.8 Å². The van der Waals surface area contributed by atoms with Crippen LogP contribution in [0.5, 0.6) is 5.75 Å². The zero-order valence-corrected chi connectivity index (χ0v) is 13.9. The Kier molecular flexibility index (Phi) is 5.08. The van der Waals surface area contributed by atoms with Gasteiger partial charge in [-0.25, -0.2) is 0 Å². The molecule has 1 aromatic carbocycles. The summed E-state index contributed by atoms with van der Waals surface area (Å²) in [6, 6.07) is 7.44. The number of benzene rings is 1. The first kappa shape index (κ1) is 16.8. The van der Waals surface area contributed by atoms with Crippen LogP contribution in [-0.2, 0) is 4.79 Å². The second-order valence-corrected chi connectivity index (χ2v) is 6.72. The maximum absolute atomic E-state index is 12.5. The average molecular weight is 305 g/mol. The maximum atomic E-state index is 12.5. The van der Waals surface area contributed by atoms with E-state index in [-0.39, 0.29) is 23.4 Å². The molecule has 1 fully saturated rings. The summed E-state index contributed by atoms with van der Waals surface area (Å²) in [5.74, 6) is 0.653. The molecule has 0 aromatic heterocycles. The molecule has 0 spiro atoms. The molecular weight excluding hydrogens is 278 g/mol. The molecular formula is C17H27N3O2. The molecule has 122 valence electrons. The Morgan fingerprint density at radius 3 is 2.77 bits per heavy atom. The number of ether oxygens (including phenoxy) is 1. The number of hydrogen-bond acceptors (Lipinski definition) is 4. The number of methoxy groups -OCH3 is 1. The molecule has 2 rings (SSSR count). The minimum atomic E-state index is -0.198. The van der Waals surface area contributed by atoms with Crippen molar-refractivity contribution in [3.8, 4) is 5.75 Å². The first-order valence-electron chi connectivity index (χ1n) is 7.78. The molecule has 1 saturated heterocycles. The highest BCUT2D eigenvalue weighted by atomic mass is 16.5. The Hall–Kier alpha value is -1.59. The quantitative estimate of drug-likeness (QED) is 0.894. The summed E-state index contributed by atoms with van der Waals surface area (Å²) in [5.41, 5.74) is 6.90. The SMILES string of the molecule is COc1ccccc1NC(=O)C(C)N1CCC(N)C(C)(C)C1. The van der Waals surface area contributed by atoms with Gasteiger partial charge in [-0.3, -0.25) is 9.69 Å². The van der Waals surface area contributed by atoms with Crippen molar-refractivity contribution in [3.05, 3.63) is 24.3 Å². The smallest absolute Gasteiger partial charge is 0.241 e. The molecule has 0 saturated carbocycles. The van der Waals surface area contributed by atoms with Gasteiger partial charge in [-0.1, -0.05) is 26.0 Å². The summed E-state index contributed by atoms with van der Waals surface area (Å²) in [6.45, 7) is 7.95. The van der Waals surface area contributed by atoms with Crippen LogP contribution in [0.4, 0.5) is 5.69 Å². The van der Waals surface area contributed by atoms with Gasteiger partial charge in [-0.05, 0) is 30.9 Å². The number of rotatable bonds is 4. The number of nitrogens with two attached hydrogens (primary N) is 1. The van der Waals surface area contributed by atoms with Crippen molar-refractivity contribution in [1.82, 2.24) is 4.90 Å². The topological polar surface area (TPSA) is 67.6 Å². The summed E-state index contributed by atoms with van der Waals surface area (Å²) in [6.07, 6.45) is 0.916. The fourth-order valence-electron chi connectivity index (χ4n) is 2.90. The van der Waals surface area contributed by atoms with Crippen LogP contribution in [0, 0.1) is 5.41 Å². The predicted molar refractivity (Wildman–Crippen MR) is 89.0 cm³/mol. The van der Waals surface area contributed by atoms with Crippen molar-refractivity contribution in [2.24, 2.45) is 11.1 Å². The van der Waals surface area contributed by atoms with E-state index in [2.05, 4.69) is 24.1 Å². The molecule has 2 atom stereocenters. The lowest BCUT2D eigenvalue weighted by Gasteiger charge is -2.44. The van der Waals surface area contributed by atoms with Crippen molar-refractivity contribution in [2.45, 2.75) is 39.3 Å². The summed E-state index contributed by atoms with van der Waals surface area (Å²) in [4.78, 5) is 14.7. The number of amides is 1. The molecule has 5 nitrogen and oxygen atoms in total. The first-order valence-corrected chi connectivity index (χ1v) is 7.78. The molecule has 0 radical (unpaired) electrons. The van der Waals surface area contributed by atoms with Crippen LogP contribution in [0.25, 0.3) is 0 Å². The zero-order valence-electron chi connectivity index (χ0n) is 13.9. The minimum absolute atomic E-state index is 0.0178. The Labute approximate surface area is 132 Å². The van der Waals surface area contributed by atoms with Crippen molar-refractivity contribution in [1.29, 1.82) is 0 Å². The number of nitrogens with zero attached hydrogens (tertiary/aromatic N) is 1. The molecule has 1 aliphatic heterocycles. The predicted octanol–water partition coefficient (Wildman–Crippen LogP) is 2.08. The van der Waals surface area contributed by atoms with Crippen molar-refractivity contribution in [3.63, 3.8) is 0 Å². The van der Waals surface area contributed by atoms with Gasteiger partial charge in [-0.15, -0.1) is 0 Å². The van der Waals surface area contributed by atoms with Crippen molar-refractivity contribution < 1.29 is 9.53 Å². The summed E-state index contributed by atoms with van der Waals surface area (Å²) >= 11 is 0. The number of carbonyl (C=O) groups excluding carboxylic acids is 1. The van der Waals surface area contributed by atoms with Crippen LogP contribution in [0.2, 0.25) is 0 Å². The number of likely N-dealkylation sites (tertiary alicyclic amines) is 1. The van der Waals surface area contributed by atoms with Gasteiger partial charge in [0.15, 0.2) is 0 Å². The van der Waals surface area contributed by atoms with Crippen LogP contribution in [0.1, 0.15) is 27.2 Å². The monoisotopic (exact) mass is 305 g/mol. The Balaban J connectivity index is 2.03. The molecule has 3 N–H and O–H groups in total. The van der Waals surface area contributed by atoms with E-state index in [1.54, 1.807) is 7.11 Å². The van der Waals surface area contributed by atoms with E-state index in [9.17, 15) is 4.79 Å². The average Bonchev–Trinajstić information content (AvgIpc) is 2.49. The lowest BCUT2D eigenvalue weighted by atomic mass is 9.79. The van der Waals surface area contributed by atoms with Gasteiger partial charge in [0.1, 0.15) is 5.75 Å². The van der Waals surface area contributed by atoms with Gasteiger partial charge in [0.2, 0.25) is 5.91 Å². The molecule has 5 heteroatoms. The molecule has 22 heavy (non-hydrogen) atoms. The highest BCUT2D eigenvalue weighted by molar-refractivity contribution is 5.95. The second kappa shape index (κ2) is 6.67. The molecule has 2 unspecified atom stereocenters. The van der Waals surface area contributed by atoms with E-state index in [4.69, 9.17) is 10.5 Å². The largest absolute Gasteiger partial charge is 0.495 e. The molecule has 1 aliphatic rings. The zero-order chi connectivity index (χ0) is 16.3. The normalized spacial score (nSPS) is 22.9. The third kappa shape index (κ3) is 3.59. The van der Waals surface area contributed by atoms with E-state index < -0.39 is 0 Å². The van der Waals surface area contributed by atoms with Crippen LogP contribution >= 0.6 is 0 Å². The van der Waals surface area contributed by atoms with E-state index >= 15 is 0 Å². The van der Waals surface area contributed by atoms with Crippen LogP contribution in [0.15, 0.2) is 24.3 Å². The summed E-state index contributed by atoms with van der Waals surface area (Å²) in [7, 11) is 1.60. The number of carbonyl (C=O) groups is 1. The molecule has 1 amide bonds. The van der Waals surface area contributed by atoms with Crippen LogP contribution in [0.3, 0.4) is 0 Å². The van der Waals surface area contributed by atoms with E-state index in [0.29, 0.717) is 11.4 Å². The van der Waals surface area contributed by atoms with Crippen LogP contribution < -0.4 is 15.8 Å².